The Balaban J connectivity index is 1.84. The van der Waals surface area contributed by atoms with Crippen molar-refractivity contribution in [2.75, 3.05) is 13.2 Å². The molecule has 6 heteroatoms. The van der Waals surface area contributed by atoms with Crippen LogP contribution in [0.15, 0.2) is 42.6 Å². The third-order valence-corrected chi connectivity index (χ3v) is 4.37. The van der Waals surface area contributed by atoms with Crippen LogP contribution in [0.3, 0.4) is 0 Å². The van der Waals surface area contributed by atoms with Crippen molar-refractivity contribution >= 4 is 5.91 Å². The van der Waals surface area contributed by atoms with Crippen LogP contribution >= 0.6 is 0 Å². The standard InChI is InChI=1S/C21H26F2N2O2/c1-4-15(2)13-25-20(26)19-9-8-16(14-24-19)10-11-27-18-7-5-6-17(12-18)21(3,22)23/h5-9,12,14-15H,4,10-11,13H2,1-3H3,(H,25,26). The highest BCUT2D eigenvalue weighted by Crippen LogP contribution is 2.29. The monoisotopic (exact) mass is 376 g/mol. The van der Waals surface area contributed by atoms with Crippen LogP contribution < -0.4 is 10.1 Å². The average Bonchev–Trinajstić information content (AvgIpc) is 2.66. The maximum Gasteiger partial charge on any atom is 0.270 e. The van der Waals surface area contributed by atoms with Crippen LogP contribution in [0, 0.1) is 5.92 Å². The summed E-state index contributed by atoms with van der Waals surface area (Å²) in [7, 11) is 0. The summed E-state index contributed by atoms with van der Waals surface area (Å²) in [6.07, 6.45) is 3.21. The minimum absolute atomic E-state index is 0.0746. The molecule has 0 bridgehead atoms. The Morgan fingerprint density at radius 1 is 1.30 bits per heavy atom. The zero-order valence-electron chi connectivity index (χ0n) is 16.0. The predicted molar refractivity (Wildman–Crippen MR) is 101 cm³/mol. The molecule has 0 fully saturated rings. The van der Waals surface area contributed by atoms with E-state index in [2.05, 4.69) is 24.1 Å². The molecule has 1 unspecified atom stereocenters. The number of ether oxygens (including phenoxy) is 1. The summed E-state index contributed by atoms with van der Waals surface area (Å²) in [5.74, 6) is -2.25. The third-order valence-electron chi connectivity index (χ3n) is 4.37. The Morgan fingerprint density at radius 3 is 2.70 bits per heavy atom. The number of benzene rings is 1. The molecule has 1 heterocycles. The number of carbonyl (C=O) groups excluding carboxylic acids is 1. The molecule has 0 spiro atoms. The van der Waals surface area contributed by atoms with Crippen LogP contribution in [0.1, 0.15) is 48.8 Å². The van der Waals surface area contributed by atoms with Crippen molar-refractivity contribution in [2.24, 2.45) is 5.92 Å². The lowest BCUT2D eigenvalue weighted by Crippen LogP contribution is -2.28. The number of hydrogen-bond acceptors (Lipinski definition) is 3. The second-order valence-electron chi connectivity index (χ2n) is 6.79. The number of aromatic nitrogens is 1. The van der Waals surface area contributed by atoms with E-state index in [1.807, 2.05) is 6.07 Å². The minimum Gasteiger partial charge on any atom is -0.493 e. The van der Waals surface area contributed by atoms with Gasteiger partial charge in [-0.1, -0.05) is 38.5 Å². The van der Waals surface area contributed by atoms with Gasteiger partial charge in [0.2, 0.25) is 0 Å². The Kier molecular flexibility index (Phi) is 7.28. The summed E-state index contributed by atoms with van der Waals surface area (Å²) in [6, 6.07) is 9.43. The second kappa shape index (κ2) is 9.44. The van der Waals surface area contributed by atoms with Gasteiger partial charge < -0.3 is 10.1 Å². The first kappa shape index (κ1) is 20.8. The predicted octanol–water partition coefficient (Wildman–Crippen LogP) is 4.59. The van der Waals surface area contributed by atoms with E-state index in [4.69, 9.17) is 4.74 Å². The van der Waals surface area contributed by atoms with Gasteiger partial charge in [0.05, 0.1) is 6.61 Å². The Labute approximate surface area is 159 Å². The van der Waals surface area contributed by atoms with Crippen LogP contribution in [0.4, 0.5) is 8.78 Å². The minimum atomic E-state index is -2.89. The Morgan fingerprint density at radius 2 is 2.07 bits per heavy atom. The zero-order chi connectivity index (χ0) is 19.9. The van der Waals surface area contributed by atoms with Crippen molar-refractivity contribution in [1.29, 1.82) is 0 Å². The number of halogens is 2. The number of rotatable bonds is 9. The van der Waals surface area contributed by atoms with Gasteiger partial charge in [-0.2, -0.15) is 0 Å². The van der Waals surface area contributed by atoms with Crippen molar-refractivity contribution in [3.63, 3.8) is 0 Å². The molecule has 0 aliphatic carbocycles. The fraction of sp³-hybridized carbons (Fsp3) is 0.429. The summed E-state index contributed by atoms with van der Waals surface area (Å²) in [5, 5.41) is 2.86. The molecule has 0 radical (unpaired) electrons. The van der Waals surface area contributed by atoms with Crippen LogP contribution in [-0.4, -0.2) is 24.0 Å². The molecule has 0 aliphatic heterocycles. The van der Waals surface area contributed by atoms with Crippen LogP contribution in [0.2, 0.25) is 0 Å². The molecule has 0 aliphatic rings. The van der Waals surface area contributed by atoms with Crippen LogP contribution in [0.25, 0.3) is 0 Å². The Hall–Kier alpha value is -2.50. The van der Waals surface area contributed by atoms with Gasteiger partial charge in [-0.15, -0.1) is 0 Å². The number of carbonyl (C=O) groups is 1. The lowest BCUT2D eigenvalue weighted by atomic mass is 10.1. The third kappa shape index (κ3) is 6.62. The van der Waals surface area contributed by atoms with E-state index in [0.717, 1.165) is 18.9 Å². The smallest absolute Gasteiger partial charge is 0.270 e. The molecule has 1 aromatic carbocycles. The quantitative estimate of drug-likeness (QED) is 0.696. The summed E-state index contributed by atoms with van der Waals surface area (Å²) >= 11 is 0. The first-order valence-electron chi connectivity index (χ1n) is 9.14. The molecule has 27 heavy (non-hydrogen) atoms. The fourth-order valence-electron chi connectivity index (χ4n) is 2.35. The van der Waals surface area contributed by atoms with E-state index < -0.39 is 5.92 Å². The molecular formula is C21H26F2N2O2. The molecule has 1 amide bonds. The molecule has 1 aromatic heterocycles. The maximum atomic E-state index is 13.3. The highest BCUT2D eigenvalue weighted by Gasteiger charge is 2.24. The van der Waals surface area contributed by atoms with E-state index in [0.29, 0.717) is 36.9 Å². The van der Waals surface area contributed by atoms with Gasteiger partial charge >= 0.3 is 0 Å². The zero-order valence-corrected chi connectivity index (χ0v) is 16.0. The van der Waals surface area contributed by atoms with E-state index in [9.17, 15) is 13.6 Å². The van der Waals surface area contributed by atoms with Crippen molar-refractivity contribution in [2.45, 2.75) is 39.5 Å². The summed E-state index contributed by atoms with van der Waals surface area (Å²) in [5.41, 5.74) is 1.21. The van der Waals surface area contributed by atoms with Crippen molar-refractivity contribution in [3.8, 4) is 5.75 Å². The molecule has 4 nitrogen and oxygen atoms in total. The number of nitrogens with one attached hydrogen (secondary N) is 1. The van der Waals surface area contributed by atoms with Gasteiger partial charge in [0.1, 0.15) is 11.4 Å². The largest absolute Gasteiger partial charge is 0.493 e. The Bertz CT molecular complexity index is 743. The van der Waals surface area contributed by atoms with Gasteiger partial charge in [-0.25, -0.2) is 8.78 Å². The van der Waals surface area contributed by atoms with E-state index >= 15 is 0 Å². The number of pyridine rings is 1. The SMILES string of the molecule is CCC(C)CNC(=O)c1ccc(CCOc2cccc(C(C)(F)F)c2)cn1. The van der Waals surface area contributed by atoms with Gasteiger partial charge in [-0.05, 0) is 29.7 Å². The lowest BCUT2D eigenvalue weighted by Gasteiger charge is -2.13. The fourth-order valence-corrected chi connectivity index (χ4v) is 2.35. The first-order chi connectivity index (χ1) is 12.8. The van der Waals surface area contributed by atoms with Crippen LogP contribution in [-0.2, 0) is 12.3 Å². The van der Waals surface area contributed by atoms with E-state index in [-0.39, 0.29) is 11.5 Å². The van der Waals surface area contributed by atoms with Gasteiger partial charge in [0.15, 0.2) is 0 Å². The molecule has 1 N–H and O–H groups in total. The van der Waals surface area contributed by atoms with Gasteiger partial charge in [0, 0.05) is 31.6 Å². The topological polar surface area (TPSA) is 51.2 Å². The normalized spacial score (nSPS) is 12.5. The average molecular weight is 376 g/mol. The lowest BCUT2D eigenvalue weighted by molar-refractivity contribution is 0.0172. The number of amides is 1. The summed E-state index contributed by atoms with van der Waals surface area (Å²) < 4.78 is 32.3. The summed E-state index contributed by atoms with van der Waals surface area (Å²) in [4.78, 5) is 16.2. The first-order valence-corrected chi connectivity index (χ1v) is 9.14. The maximum absolute atomic E-state index is 13.3. The summed E-state index contributed by atoms with van der Waals surface area (Å²) in [6.45, 7) is 5.98. The van der Waals surface area contributed by atoms with Gasteiger partial charge in [-0.3, -0.25) is 9.78 Å². The molecule has 2 aromatic rings. The highest BCUT2D eigenvalue weighted by atomic mass is 19.3. The number of nitrogens with zero attached hydrogens (tertiary/aromatic N) is 1. The van der Waals surface area contributed by atoms with Crippen molar-refractivity contribution < 1.29 is 18.3 Å². The van der Waals surface area contributed by atoms with E-state index in [1.54, 1.807) is 24.4 Å². The van der Waals surface area contributed by atoms with Crippen molar-refractivity contribution in [3.05, 3.63) is 59.4 Å². The number of hydrogen-bond donors (Lipinski definition) is 1. The number of alkyl halides is 2. The molecule has 2 rings (SSSR count). The molecular weight excluding hydrogens is 350 g/mol. The van der Waals surface area contributed by atoms with Crippen molar-refractivity contribution in [1.82, 2.24) is 10.3 Å². The van der Waals surface area contributed by atoms with E-state index in [1.165, 1.54) is 12.1 Å². The molecule has 0 saturated heterocycles. The molecule has 0 saturated carbocycles. The molecule has 146 valence electrons. The molecule has 1 atom stereocenters. The highest BCUT2D eigenvalue weighted by molar-refractivity contribution is 5.92. The van der Waals surface area contributed by atoms with Crippen LogP contribution in [0.5, 0.6) is 5.75 Å². The second-order valence-corrected chi connectivity index (χ2v) is 6.79. The van der Waals surface area contributed by atoms with Gasteiger partial charge in [0.25, 0.3) is 11.8 Å².